The Morgan fingerprint density at radius 2 is 0.789 bits per heavy atom. The number of likely N-dealkylation sites (N-methyl/N-ethyl adjacent to an activating group) is 1. The van der Waals surface area contributed by atoms with Crippen LogP contribution in [0, 0.1) is 0 Å². The second kappa shape index (κ2) is 51.5. The van der Waals surface area contributed by atoms with Gasteiger partial charge in [-0.25, -0.2) is 0 Å². The molecular weight excluding hydrogens is 887 g/mol. The molecule has 0 spiro atoms. The number of hydrogen-bond acceptors (Lipinski definition) is 8. The lowest BCUT2D eigenvalue weighted by Crippen LogP contribution is -2.44. The number of carboxylic acids is 1. The van der Waals surface area contributed by atoms with Crippen molar-refractivity contribution in [1.82, 2.24) is 0 Å². The molecule has 0 aromatic heterocycles. The summed E-state index contributed by atoms with van der Waals surface area (Å²) in [4.78, 5) is 37.1. The molecule has 0 aromatic rings. The topological polar surface area (TPSA) is 111 Å². The summed E-state index contributed by atoms with van der Waals surface area (Å²) in [5.74, 6) is -2.42. The van der Waals surface area contributed by atoms with Gasteiger partial charge in [0.2, 0.25) is 0 Å². The molecule has 9 nitrogen and oxygen atoms in total. The lowest BCUT2D eigenvalue weighted by molar-refractivity contribution is -0.870. The van der Waals surface area contributed by atoms with E-state index in [0.717, 1.165) is 103 Å². The standard InChI is InChI=1S/C62H97NO8/c1-6-8-10-12-14-16-18-20-21-22-23-24-25-26-27-28-29-30-31-32-33-34-35-36-37-38-39-41-43-45-47-49-51-53-60(65)71-58(57-70-62(61(66)67)68-55-54-63(3,4)5)56-69-59(64)52-50-48-46-44-42-40-19-17-15-13-11-9-7-2/h8-11,14-17,20-21,23-24,26-27,29-30,32-33,35-36,40,42,46,48,58,62H,6-7,12-13,18-19,22,25,28,31,34,37-39,41,43-45,47,49-57H2,1-5H3/b10-8-,11-9-,16-14-,17-15-,21-20-,24-23-,27-26-,30-29-,33-32-,36-35-,42-40-,48-46-. The molecule has 0 aliphatic carbocycles. The third kappa shape index (κ3) is 52.8. The van der Waals surface area contributed by atoms with Gasteiger partial charge in [-0.3, -0.25) is 9.59 Å². The fraction of sp³-hybridized carbons (Fsp3) is 0.565. The molecule has 0 bridgehead atoms. The number of allylic oxidation sites excluding steroid dienone is 24. The normalized spacial score (nSPS) is 14.0. The number of hydrogen-bond donors (Lipinski definition) is 0. The molecule has 0 aromatic carbocycles. The summed E-state index contributed by atoms with van der Waals surface area (Å²) in [6, 6.07) is 0. The second-order valence-electron chi connectivity index (χ2n) is 18.4. The number of nitrogens with zero attached hydrogens (tertiary/aromatic N) is 1. The Labute approximate surface area is 432 Å². The fourth-order valence-corrected chi connectivity index (χ4v) is 6.50. The minimum Gasteiger partial charge on any atom is -0.545 e. The number of carboxylic acid groups (broad SMARTS) is 1. The van der Waals surface area contributed by atoms with Gasteiger partial charge in [0, 0.05) is 12.8 Å². The van der Waals surface area contributed by atoms with Gasteiger partial charge < -0.3 is 33.3 Å². The van der Waals surface area contributed by atoms with Crippen LogP contribution in [-0.2, 0) is 33.3 Å². The van der Waals surface area contributed by atoms with Crippen LogP contribution in [0.2, 0.25) is 0 Å². The van der Waals surface area contributed by atoms with E-state index in [1.165, 1.54) is 25.7 Å². The first-order valence-corrected chi connectivity index (χ1v) is 27.0. The minimum absolute atomic E-state index is 0.127. The van der Waals surface area contributed by atoms with Gasteiger partial charge in [-0.1, -0.05) is 198 Å². The summed E-state index contributed by atoms with van der Waals surface area (Å²) in [6.45, 7) is 4.38. The number of aliphatic carboxylic acids is 1. The van der Waals surface area contributed by atoms with E-state index in [1.807, 2.05) is 33.3 Å². The Morgan fingerprint density at radius 1 is 0.423 bits per heavy atom. The number of rotatable bonds is 47. The molecule has 0 aliphatic rings. The van der Waals surface area contributed by atoms with E-state index in [2.05, 4.69) is 148 Å². The summed E-state index contributed by atoms with van der Waals surface area (Å²) < 4.78 is 22.5. The van der Waals surface area contributed by atoms with E-state index in [9.17, 15) is 19.5 Å². The van der Waals surface area contributed by atoms with E-state index in [-0.39, 0.29) is 32.7 Å². The summed E-state index contributed by atoms with van der Waals surface area (Å²) >= 11 is 0. The lowest BCUT2D eigenvalue weighted by atomic mass is 10.1. The highest BCUT2D eigenvalue weighted by atomic mass is 16.7. The molecular formula is C62H97NO8. The molecule has 9 heteroatoms. The van der Waals surface area contributed by atoms with Crippen molar-refractivity contribution in [2.45, 2.75) is 180 Å². The smallest absolute Gasteiger partial charge is 0.306 e. The van der Waals surface area contributed by atoms with E-state index in [4.69, 9.17) is 18.9 Å². The summed E-state index contributed by atoms with van der Waals surface area (Å²) in [5.41, 5.74) is 0. The maximum absolute atomic E-state index is 12.8. The van der Waals surface area contributed by atoms with Gasteiger partial charge >= 0.3 is 11.9 Å². The zero-order chi connectivity index (χ0) is 52.0. The van der Waals surface area contributed by atoms with Crippen LogP contribution in [-0.4, -0.2) is 82.3 Å². The number of ether oxygens (including phenoxy) is 4. The van der Waals surface area contributed by atoms with Gasteiger partial charge in [0.15, 0.2) is 12.4 Å². The molecule has 0 heterocycles. The van der Waals surface area contributed by atoms with Crippen molar-refractivity contribution in [3.05, 3.63) is 146 Å². The maximum atomic E-state index is 12.8. The largest absolute Gasteiger partial charge is 0.545 e. The van der Waals surface area contributed by atoms with Gasteiger partial charge in [0.25, 0.3) is 0 Å². The van der Waals surface area contributed by atoms with Crippen LogP contribution in [0.4, 0.5) is 0 Å². The predicted octanol–water partition coefficient (Wildman–Crippen LogP) is 14.3. The van der Waals surface area contributed by atoms with Crippen molar-refractivity contribution in [2.75, 3.05) is 47.5 Å². The molecule has 0 rings (SSSR count). The van der Waals surface area contributed by atoms with Crippen LogP contribution in [0.3, 0.4) is 0 Å². The lowest BCUT2D eigenvalue weighted by Gasteiger charge is -2.26. The average molecular weight is 984 g/mol. The molecule has 0 saturated heterocycles. The monoisotopic (exact) mass is 984 g/mol. The van der Waals surface area contributed by atoms with Gasteiger partial charge in [0.05, 0.1) is 40.3 Å². The number of unbranched alkanes of at least 4 members (excludes halogenated alkanes) is 8. The predicted molar refractivity (Wildman–Crippen MR) is 296 cm³/mol. The third-order valence-electron chi connectivity index (χ3n) is 10.6. The first-order chi connectivity index (χ1) is 34.6. The van der Waals surface area contributed by atoms with Crippen molar-refractivity contribution < 1.29 is 42.9 Å². The Balaban J connectivity index is 4.31. The quantitative estimate of drug-likeness (QED) is 0.0195. The number of carbonyl (C=O) groups excluding carboxylic acids is 3. The Hall–Kier alpha value is -4.83. The number of quaternary nitrogens is 1. The van der Waals surface area contributed by atoms with E-state index >= 15 is 0 Å². The molecule has 2 unspecified atom stereocenters. The van der Waals surface area contributed by atoms with Crippen molar-refractivity contribution in [1.29, 1.82) is 0 Å². The summed E-state index contributed by atoms with van der Waals surface area (Å²) in [6.07, 6.45) is 72.0. The summed E-state index contributed by atoms with van der Waals surface area (Å²) in [7, 11) is 5.88. The van der Waals surface area contributed by atoms with Gasteiger partial charge in [-0.2, -0.15) is 0 Å². The first-order valence-electron chi connectivity index (χ1n) is 27.0. The van der Waals surface area contributed by atoms with Gasteiger partial charge in [-0.15, -0.1) is 0 Å². The molecule has 0 fully saturated rings. The van der Waals surface area contributed by atoms with E-state index in [0.29, 0.717) is 23.9 Å². The van der Waals surface area contributed by atoms with Crippen LogP contribution >= 0.6 is 0 Å². The Bertz CT molecular complexity index is 1670. The number of esters is 2. The zero-order valence-corrected chi connectivity index (χ0v) is 45.0. The maximum Gasteiger partial charge on any atom is 0.306 e. The van der Waals surface area contributed by atoms with Crippen molar-refractivity contribution >= 4 is 17.9 Å². The fourth-order valence-electron chi connectivity index (χ4n) is 6.50. The molecule has 0 saturated carbocycles. The zero-order valence-electron chi connectivity index (χ0n) is 45.0. The molecule has 71 heavy (non-hydrogen) atoms. The average Bonchev–Trinajstić information content (AvgIpc) is 3.34. The molecule has 0 amide bonds. The highest BCUT2D eigenvalue weighted by Gasteiger charge is 2.21. The second-order valence-corrected chi connectivity index (χ2v) is 18.4. The van der Waals surface area contributed by atoms with Crippen LogP contribution in [0.25, 0.3) is 0 Å². The van der Waals surface area contributed by atoms with Crippen LogP contribution in [0.15, 0.2) is 146 Å². The molecule has 0 aliphatic heterocycles. The van der Waals surface area contributed by atoms with Crippen molar-refractivity contribution in [3.63, 3.8) is 0 Å². The van der Waals surface area contributed by atoms with Crippen LogP contribution in [0.5, 0.6) is 0 Å². The first kappa shape index (κ1) is 66.2. The highest BCUT2D eigenvalue weighted by Crippen LogP contribution is 2.13. The van der Waals surface area contributed by atoms with Crippen LogP contribution < -0.4 is 5.11 Å². The SMILES string of the molecule is CC/C=C\C/C=C\C/C=C\C/C=C\C/C=C\C/C=C\C/C=C\C/C=C\CCCCCCCCCCC(=O)OC(COC(=O)CC/C=C\C/C=C\C/C=C\C/C=C\CC)COC(OCC[N+](C)(C)C)C(=O)[O-]. The Kier molecular flexibility index (Phi) is 48.0. The third-order valence-corrected chi connectivity index (χ3v) is 10.6. The van der Waals surface area contributed by atoms with Gasteiger partial charge in [0.1, 0.15) is 13.2 Å². The van der Waals surface area contributed by atoms with E-state index < -0.39 is 30.3 Å². The Morgan fingerprint density at radius 3 is 1.18 bits per heavy atom. The molecule has 398 valence electrons. The minimum atomic E-state index is -1.65. The molecule has 0 radical (unpaired) electrons. The summed E-state index contributed by atoms with van der Waals surface area (Å²) in [5, 5.41) is 11.7. The van der Waals surface area contributed by atoms with Crippen LogP contribution in [0.1, 0.15) is 168 Å². The highest BCUT2D eigenvalue weighted by molar-refractivity contribution is 5.70. The van der Waals surface area contributed by atoms with Crippen molar-refractivity contribution in [2.24, 2.45) is 0 Å². The molecule has 2 atom stereocenters. The van der Waals surface area contributed by atoms with Gasteiger partial charge in [-0.05, 0) is 103 Å². The van der Waals surface area contributed by atoms with Crippen molar-refractivity contribution in [3.8, 4) is 0 Å². The molecule has 0 N–H and O–H groups in total. The number of carbonyl (C=O) groups is 3. The van der Waals surface area contributed by atoms with E-state index in [1.54, 1.807) is 0 Å².